The van der Waals surface area contributed by atoms with Crippen LogP contribution >= 0.6 is 0 Å². The number of sulfonamides is 1. The molecule has 0 amide bonds. The molecular formula is C15H22N2O3S. The van der Waals surface area contributed by atoms with Gasteiger partial charge in [-0.1, -0.05) is 11.6 Å². The summed E-state index contributed by atoms with van der Waals surface area (Å²) in [6.07, 6.45) is 2.98. The van der Waals surface area contributed by atoms with Crippen molar-refractivity contribution in [1.29, 1.82) is 0 Å². The highest BCUT2D eigenvalue weighted by Crippen LogP contribution is 2.17. The normalized spacial score (nSPS) is 15.9. The SMILES string of the molecule is CC(C)Oc1ccc(S(=O)(=O)NCC2=CCNCC2)cc1. The summed E-state index contributed by atoms with van der Waals surface area (Å²) in [5, 5.41) is 3.20. The van der Waals surface area contributed by atoms with Gasteiger partial charge in [-0.3, -0.25) is 0 Å². The van der Waals surface area contributed by atoms with Crippen LogP contribution < -0.4 is 14.8 Å². The third-order valence-electron chi connectivity index (χ3n) is 3.15. The Kier molecular flexibility index (Phi) is 5.39. The van der Waals surface area contributed by atoms with Gasteiger partial charge in [-0.05, 0) is 51.1 Å². The first kappa shape index (κ1) is 16.0. The molecule has 0 spiro atoms. The van der Waals surface area contributed by atoms with E-state index in [-0.39, 0.29) is 11.0 Å². The van der Waals surface area contributed by atoms with Crippen LogP contribution in [-0.2, 0) is 10.0 Å². The molecule has 1 aromatic rings. The quantitative estimate of drug-likeness (QED) is 0.784. The highest BCUT2D eigenvalue weighted by Gasteiger charge is 2.15. The first-order valence-corrected chi connectivity index (χ1v) is 8.61. The zero-order valence-corrected chi connectivity index (χ0v) is 13.2. The minimum absolute atomic E-state index is 0.0671. The Morgan fingerprint density at radius 3 is 2.57 bits per heavy atom. The highest BCUT2D eigenvalue weighted by atomic mass is 32.2. The standard InChI is InChI=1S/C15H22N2O3S/c1-12(2)20-14-3-5-15(6-4-14)21(18,19)17-11-13-7-9-16-10-8-13/h3-7,12,16-17H,8-11H2,1-2H3. The molecular weight excluding hydrogens is 288 g/mol. The van der Waals surface area contributed by atoms with Crippen LogP contribution in [0.1, 0.15) is 20.3 Å². The molecule has 5 nitrogen and oxygen atoms in total. The van der Waals surface area contributed by atoms with Gasteiger partial charge in [0.05, 0.1) is 11.0 Å². The van der Waals surface area contributed by atoms with E-state index in [1.807, 2.05) is 19.9 Å². The lowest BCUT2D eigenvalue weighted by Gasteiger charge is -2.15. The van der Waals surface area contributed by atoms with Crippen molar-refractivity contribution in [1.82, 2.24) is 10.0 Å². The Labute approximate surface area is 126 Å². The highest BCUT2D eigenvalue weighted by molar-refractivity contribution is 7.89. The van der Waals surface area contributed by atoms with E-state index < -0.39 is 10.0 Å². The third kappa shape index (κ3) is 4.84. The van der Waals surface area contributed by atoms with Crippen LogP contribution in [0.15, 0.2) is 40.8 Å². The van der Waals surface area contributed by atoms with Crippen LogP contribution in [0.5, 0.6) is 5.75 Å². The van der Waals surface area contributed by atoms with Gasteiger partial charge in [-0.15, -0.1) is 0 Å². The molecule has 0 fully saturated rings. The molecule has 1 aromatic carbocycles. The molecule has 0 aromatic heterocycles. The predicted molar refractivity (Wildman–Crippen MR) is 83.0 cm³/mol. The van der Waals surface area contributed by atoms with Crippen molar-refractivity contribution in [3.05, 3.63) is 35.9 Å². The number of hydrogen-bond acceptors (Lipinski definition) is 4. The molecule has 21 heavy (non-hydrogen) atoms. The first-order valence-electron chi connectivity index (χ1n) is 7.12. The Hall–Kier alpha value is -1.37. The largest absolute Gasteiger partial charge is 0.491 e. The Bertz CT molecular complexity index is 592. The number of benzene rings is 1. The Morgan fingerprint density at radius 2 is 2.00 bits per heavy atom. The maximum absolute atomic E-state index is 12.2. The summed E-state index contributed by atoms with van der Waals surface area (Å²) in [4.78, 5) is 0.258. The van der Waals surface area contributed by atoms with Crippen molar-refractivity contribution in [3.63, 3.8) is 0 Å². The topological polar surface area (TPSA) is 67.4 Å². The second-order valence-corrected chi connectivity index (χ2v) is 7.05. The molecule has 0 bridgehead atoms. The van der Waals surface area contributed by atoms with Gasteiger partial charge in [0, 0.05) is 13.1 Å². The van der Waals surface area contributed by atoms with Crippen LogP contribution in [0, 0.1) is 0 Å². The zero-order chi connectivity index (χ0) is 15.3. The van der Waals surface area contributed by atoms with Crippen molar-refractivity contribution in [2.45, 2.75) is 31.3 Å². The lowest BCUT2D eigenvalue weighted by molar-refractivity contribution is 0.242. The van der Waals surface area contributed by atoms with Gasteiger partial charge in [0.1, 0.15) is 5.75 Å². The monoisotopic (exact) mass is 310 g/mol. The predicted octanol–water partition coefficient (Wildman–Crippen LogP) is 1.67. The molecule has 1 aliphatic heterocycles. The average Bonchev–Trinajstić information content (AvgIpc) is 2.46. The second-order valence-electron chi connectivity index (χ2n) is 5.28. The molecule has 116 valence electrons. The van der Waals surface area contributed by atoms with Gasteiger partial charge >= 0.3 is 0 Å². The lowest BCUT2D eigenvalue weighted by Crippen LogP contribution is -2.29. The minimum atomic E-state index is -3.47. The Morgan fingerprint density at radius 1 is 1.29 bits per heavy atom. The lowest BCUT2D eigenvalue weighted by atomic mass is 10.1. The summed E-state index contributed by atoms with van der Waals surface area (Å²) in [5.41, 5.74) is 1.12. The van der Waals surface area contributed by atoms with Crippen molar-refractivity contribution in [3.8, 4) is 5.75 Å². The van der Waals surface area contributed by atoms with Crippen molar-refractivity contribution >= 4 is 10.0 Å². The summed E-state index contributed by atoms with van der Waals surface area (Å²) in [6, 6.07) is 6.49. The van der Waals surface area contributed by atoms with E-state index >= 15 is 0 Å². The van der Waals surface area contributed by atoms with Crippen molar-refractivity contribution in [2.75, 3.05) is 19.6 Å². The van der Waals surface area contributed by atoms with E-state index in [0.717, 1.165) is 25.1 Å². The van der Waals surface area contributed by atoms with Crippen LogP contribution in [0.4, 0.5) is 0 Å². The van der Waals surface area contributed by atoms with Gasteiger partial charge in [-0.25, -0.2) is 13.1 Å². The summed E-state index contributed by atoms with van der Waals surface area (Å²) in [5.74, 6) is 0.671. The van der Waals surface area contributed by atoms with Gasteiger partial charge < -0.3 is 10.1 Å². The van der Waals surface area contributed by atoms with Gasteiger partial charge in [-0.2, -0.15) is 0 Å². The van der Waals surface area contributed by atoms with Gasteiger partial charge in [0.25, 0.3) is 0 Å². The van der Waals surface area contributed by atoms with Crippen LogP contribution in [-0.4, -0.2) is 34.2 Å². The van der Waals surface area contributed by atoms with Crippen molar-refractivity contribution < 1.29 is 13.2 Å². The minimum Gasteiger partial charge on any atom is -0.491 e. The average molecular weight is 310 g/mol. The van der Waals surface area contributed by atoms with Crippen LogP contribution in [0.25, 0.3) is 0 Å². The molecule has 0 unspecified atom stereocenters. The number of nitrogens with one attached hydrogen (secondary N) is 2. The molecule has 0 aliphatic carbocycles. The van der Waals surface area contributed by atoms with E-state index in [4.69, 9.17) is 4.74 Å². The fourth-order valence-electron chi connectivity index (χ4n) is 2.07. The summed E-state index contributed by atoms with van der Waals surface area (Å²) < 4.78 is 32.6. The molecule has 0 saturated heterocycles. The number of rotatable bonds is 6. The molecule has 0 radical (unpaired) electrons. The van der Waals surface area contributed by atoms with E-state index in [0.29, 0.717) is 12.3 Å². The summed E-state index contributed by atoms with van der Waals surface area (Å²) in [6.45, 7) is 5.93. The van der Waals surface area contributed by atoms with Crippen LogP contribution in [0.3, 0.4) is 0 Å². The smallest absolute Gasteiger partial charge is 0.240 e. The molecule has 0 atom stereocenters. The van der Waals surface area contributed by atoms with E-state index in [1.54, 1.807) is 24.3 Å². The molecule has 1 heterocycles. The maximum atomic E-state index is 12.2. The Balaban J connectivity index is 2.00. The number of ether oxygens (including phenoxy) is 1. The fraction of sp³-hybridized carbons (Fsp3) is 0.467. The molecule has 1 aliphatic rings. The maximum Gasteiger partial charge on any atom is 0.240 e. The summed E-state index contributed by atoms with van der Waals surface area (Å²) in [7, 11) is -3.47. The van der Waals surface area contributed by atoms with E-state index in [9.17, 15) is 8.42 Å². The van der Waals surface area contributed by atoms with Crippen molar-refractivity contribution in [2.24, 2.45) is 0 Å². The molecule has 2 rings (SSSR count). The van der Waals surface area contributed by atoms with Gasteiger partial charge in [0.15, 0.2) is 0 Å². The third-order valence-corrected chi connectivity index (χ3v) is 4.57. The fourth-order valence-corrected chi connectivity index (χ4v) is 3.11. The van der Waals surface area contributed by atoms with Gasteiger partial charge in [0.2, 0.25) is 10.0 Å². The molecule has 2 N–H and O–H groups in total. The molecule has 0 saturated carbocycles. The summed E-state index contributed by atoms with van der Waals surface area (Å²) >= 11 is 0. The van der Waals surface area contributed by atoms with E-state index in [1.165, 1.54) is 0 Å². The first-order chi connectivity index (χ1) is 9.97. The van der Waals surface area contributed by atoms with E-state index in [2.05, 4.69) is 10.0 Å². The number of hydrogen-bond donors (Lipinski definition) is 2. The zero-order valence-electron chi connectivity index (χ0n) is 12.4. The van der Waals surface area contributed by atoms with Crippen LogP contribution in [0.2, 0.25) is 0 Å². The second kappa shape index (κ2) is 7.06. The molecule has 6 heteroatoms.